The Morgan fingerprint density at radius 2 is 1.96 bits per heavy atom. The van der Waals surface area contributed by atoms with E-state index in [0.29, 0.717) is 5.69 Å². The number of hydrogen-bond acceptors (Lipinski definition) is 3. The first kappa shape index (κ1) is 15.5. The van der Waals surface area contributed by atoms with Crippen LogP contribution in [0.15, 0.2) is 39.6 Å². The van der Waals surface area contributed by atoms with Crippen LogP contribution in [0.5, 0.6) is 0 Å². The highest BCUT2D eigenvalue weighted by Gasteiger charge is 2.29. The van der Waals surface area contributed by atoms with Gasteiger partial charge < -0.3 is 4.90 Å². The van der Waals surface area contributed by atoms with Crippen molar-refractivity contribution in [2.24, 2.45) is 5.92 Å². The van der Waals surface area contributed by atoms with E-state index in [4.69, 9.17) is 4.52 Å². The topological polar surface area (TPSA) is 70.2 Å². The average Bonchev–Trinajstić information content (AvgIpc) is 2.96. The molecule has 1 heterocycles. The largest absolute Gasteiger partial charge is 0.432 e. The lowest BCUT2D eigenvalue weighted by atomic mass is 9.88. The van der Waals surface area contributed by atoms with Gasteiger partial charge in [0.25, 0.3) is 0 Å². The lowest BCUT2D eigenvalue weighted by Crippen LogP contribution is -2.43. The van der Waals surface area contributed by atoms with E-state index in [-0.39, 0.29) is 18.4 Å². The summed E-state index contributed by atoms with van der Waals surface area (Å²) >= 11 is 0. The van der Waals surface area contributed by atoms with Crippen LogP contribution in [-0.2, 0) is 11.3 Å². The lowest BCUT2D eigenvalue weighted by Gasteiger charge is -2.25. The van der Waals surface area contributed by atoms with Crippen molar-refractivity contribution in [2.75, 3.05) is 7.05 Å². The number of para-hydroxylation sites is 1. The first-order valence-electron chi connectivity index (χ1n) is 8.09. The Kier molecular flexibility index (Phi) is 4.60. The van der Waals surface area contributed by atoms with Crippen LogP contribution in [0.2, 0.25) is 0 Å². The maximum Gasteiger partial charge on any atom is 0.432 e. The SMILES string of the molecule is CN(Cc1c(=O)o[nH][n+]1-c1ccccc1)C(=O)C1CCCCC1. The van der Waals surface area contributed by atoms with Gasteiger partial charge in [-0.05, 0) is 22.8 Å². The summed E-state index contributed by atoms with van der Waals surface area (Å²) in [7, 11) is 1.75. The summed E-state index contributed by atoms with van der Waals surface area (Å²) < 4.78 is 6.51. The van der Waals surface area contributed by atoms with Crippen LogP contribution in [-0.4, -0.2) is 23.1 Å². The van der Waals surface area contributed by atoms with Gasteiger partial charge in [-0.25, -0.2) is 4.79 Å². The summed E-state index contributed by atoms with van der Waals surface area (Å²) in [5.41, 5.74) is 0.770. The van der Waals surface area contributed by atoms with Gasteiger partial charge in [0.2, 0.25) is 11.6 Å². The van der Waals surface area contributed by atoms with Crippen molar-refractivity contribution < 1.29 is 14.0 Å². The van der Waals surface area contributed by atoms with Crippen molar-refractivity contribution in [1.29, 1.82) is 0 Å². The molecule has 1 aromatic heterocycles. The van der Waals surface area contributed by atoms with E-state index in [9.17, 15) is 9.59 Å². The molecule has 1 amide bonds. The number of rotatable bonds is 4. The highest BCUT2D eigenvalue weighted by atomic mass is 16.5. The number of amides is 1. The third-order valence-corrected chi connectivity index (χ3v) is 4.47. The van der Waals surface area contributed by atoms with Crippen LogP contribution in [0.4, 0.5) is 0 Å². The fourth-order valence-corrected chi connectivity index (χ4v) is 3.18. The summed E-state index contributed by atoms with van der Waals surface area (Å²) in [5.74, 6) is 0.204. The number of hydrogen-bond donors (Lipinski definition) is 1. The van der Waals surface area contributed by atoms with Crippen molar-refractivity contribution in [3.05, 3.63) is 46.4 Å². The van der Waals surface area contributed by atoms with Crippen molar-refractivity contribution >= 4 is 5.91 Å². The van der Waals surface area contributed by atoms with Gasteiger partial charge >= 0.3 is 11.3 Å². The van der Waals surface area contributed by atoms with Crippen molar-refractivity contribution in [1.82, 2.24) is 10.2 Å². The Morgan fingerprint density at radius 3 is 2.65 bits per heavy atom. The number of nitrogens with one attached hydrogen (secondary N) is 1. The predicted molar refractivity (Wildman–Crippen MR) is 83.9 cm³/mol. The minimum absolute atomic E-state index is 0.0879. The quantitative estimate of drug-likeness (QED) is 0.874. The highest BCUT2D eigenvalue weighted by Crippen LogP contribution is 2.25. The number of carbonyl (C=O) groups excluding carboxylic acids is 1. The van der Waals surface area contributed by atoms with E-state index >= 15 is 0 Å². The Bertz CT molecular complexity index is 714. The number of nitrogens with zero attached hydrogens (tertiary/aromatic N) is 2. The summed E-state index contributed by atoms with van der Waals surface area (Å²) in [6.45, 7) is 0.232. The summed E-state index contributed by atoms with van der Waals surface area (Å²) in [5, 5.41) is 2.61. The molecule has 6 heteroatoms. The second-order valence-electron chi connectivity index (χ2n) is 6.13. The molecule has 1 fully saturated rings. The third kappa shape index (κ3) is 3.36. The zero-order valence-electron chi connectivity index (χ0n) is 13.3. The zero-order valence-corrected chi connectivity index (χ0v) is 13.3. The van der Waals surface area contributed by atoms with E-state index in [0.717, 1.165) is 31.4 Å². The molecule has 2 aromatic rings. The maximum absolute atomic E-state index is 12.6. The highest BCUT2D eigenvalue weighted by molar-refractivity contribution is 5.78. The van der Waals surface area contributed by atoms with Gasteiger partial charge in [-0.1, -0.05) is 37.5 Å². The molecule has 0 unspecified atom stereocenters. The van der Waals surface area contributed by atoms with Crippen molar-refractivity contribution in [3.63, 3.8) is 0 Å². The van der Waals surface area contributed by atoms with E-state index in [1.165, 1.54) is 6.42 Å². The first-order valence-corrected chi connectivity index (χ1v) is 8.09. The molecule has 6 nitrogen and oxygen atoms in total. The minimum atomic E-state index is -0.447. The van der Waals surface area contributed by atoms with Gasteiger partial charge in [0, 0.05) is 25.1 Å². The normalized spacial score (nSPS) is 15.5. The summed E-state index contributed by atoms with van der Waals surface area (Å²) in [4.78, 5) is 26.2. The van der Waals surface area contributed by atoms with Gasteiger partial charge in [0.1, 0.15) is 6.54 Å². The molecule has 1 aliphatic carbocycles. The van der Waals surface area contributed by atoms with E-state index in [1.54, 1.807) is 16.6 Å². The van der Waals surface area contributed by atoms with Crippen LogP contribution in [0.3, 0.4) is 0 Å². The monoisotopic (exact) mass is 316 g/mol. The molecule has 0 saturated heterocycles. The lowest BCUT2D eigenvalue weighted by molar-refractivity contribution is -0.678. The molecule has 1 aromatic carbocycles. The molecule has 3 rings (SSSR count). The molecule has 1 aliphatic rings. The van der Waals surface area contributed by atoms with Crippen molar-refractivity contribution in [3.8, 4) is 5.69 Å². The van der Waals surface area contributed by atoms with Gasteiger partial charge in [0.05, 0.1) is 0 Å². The molecule has 1 saturated carbocycles. The Morgan fingerprint density at radius 1 is 1.26 bits per heavy atom. The van der Waals surface area contributed by atoms with Crippen LogP contribution in [0.1, 0.15) is 37.8 Å². The van der Waals surface area contributed by atoms with Gasteiger partial charge in [-0.3, -0.25) is 9.32 Å². The van der Waals surface area contributed by atoms with Crippen LogP contribution in [0.25, 0.3) is 5.69 Å². The Hall–Kier alpha value is -2.37. The van der Waals surface area contributed by atoms with Gasteiger partial charge in [-0.15, -0.1) is 0 Å². The van der Waals surface area contributed by atoms with Crippen LogP contribution >= 0.6 is 0 Å². The second-order valence-corrected chi connectivity index (χ2v) is 6.13. The average molecular weight is 316 g/mol. The number of benzene rings is 1. The molecule has 0 bridgehead atoms. The third-order valence-electron chi connectivity index (χ3n) is 4.47. The molecule has 0 aliphatic heterocycles. The Balaban J connectivity index is 1.78. The molecule has 0 spiro atoms. The summed E-state index contributed by atoms with van der Waals surface area (Å²) in [6.07, 6.45) is 5.33. The van der Waals surface area contributed by atoms with Crippen LogP contribution < -0.4 is 10.3 Å². The van der Waals surface area contributed by atoms with E-state index < -0.39 is 5.63 Å². The molecule has 0 radical (unpaired) electrons. The second kappa shape index (κ2) is 6.81. The van der Waals surface area contributed by atoms with E-state index in [2.05, 4.69) is 5.27 Å². The zero-order chi connectivity index (χ0) is 16.2. The van der Waals surface area contributed by atoms with Crippen LogP contribution in [0, 0.1) is 5.92 Å². The van der Waals surface area contributed by atoms with Gasteiger partial charge in [-0.2, -0.15) is 0 Å². The fourth-order valence-electron chi connectivity index (χ4n) is 3.18. The maximum atomic E-state index is 12.6. The molecule has 1 N–H and O–H groups in total. The standard InChI is InChI=1S/C17H21N3O3/c1-19(16(21)13-8-4-2-5-9-13)12-15-17(22)23-18-20(15)14-10-6-3-7-11-14/h3,6-7,10-11,13H,2,4-5,8-9,12H2,1H3/p+1. The molecule has 122 valence electrons. The predicted octanol–water partition coefficient (Wildman–Crippen LogP) is 1.78. The smallest absolute Gasteiger partial charge is 0.335 e. The molecular formula is C17H22N3O3+. The molecule has 23 heavy (non-hydrogen) atoms. The number of carbonyl (C=O) groups is 1. The number of aromatic amines is 1. The minimum Gasteiger partial charge on any atom is -0.335 e. The van der Waals surface area contributed by atoms with Crippen molar-refractivity contribution in [2.45, 2.75) is 38.6 Å². The number of H-pyrrole nitrogens is 1. The fraction of sp³-hybridized carbons (Fsp3) is 0.471. The van der Waals surface area contributed by atoms with E-state index in [1.807, 2.05) is 30.3 Å². The van der Waals surface area contributed by atoms with Gasteiger partial charge in [0.15, 0.2) is 0 Å². The molecular weight excluding hydrogens is 294 g/mol. The Labute approximate surface area is 134 Å². The summed E-state index contributed by atoms with van der Waals surface area (Å²) in [6, 6.07) is 9.42. The number of aromatic nitrogens is 2. The first-order chi connectivity index (χ1) is 11.2. The molecule has 0 atom stereocenters.